The maximum absolute atomic E-state index is 12.2. The number of hydrogen-bond acceptors (Lipinski definition) is 3. The topological polar surface area (TPSA) is 49.4 Å². The average molecular weight is 295 g/mol. The van der Waals surface area contributed by atoms with Crippen LogP contribution in [0.25, 0.3) is 0 Å². The van der Waals surface area contributed by atoms with E-state index in [1.807, 2.05) is 0 Å². The molecule has 1 fully saturated rings. The SMILES string of the molecule is CNC(=O)C1CCCN(CC(=O)c2ccc(Cl)cc2)C1. The molecule has 0 aromatic heterocycles. The predicted octanol–water partition coefficient (Wildman–Crippen LogP) is 1.98. The van der Waals surface area contributed by atoms with Gasteiger partial charge in [0.15, 0.2) is 5.78 Å². The van der Waals surface area contributed by atoms with Gasteiger partial charge in [-0.1, -0.05) is 11.6 Å². The van der Waals surface area contributed by atoms with Crippen molar-refractivity contribution in [2.45, 2.75) is 12.8 Å². The lowest BCUT2D eigenvalue weighted by Crippen LogP contribution is -2.44. The van der Waals surface area contributed by atoms with Crippen molar-refractivity contribution in [3.8, 4) is 0 Å². The van der Waals surface area contributed by atoms with Crippen molar-refractivity contribution in [2.75, 3.05) is 26.7 Å². The second-order valence-electron chi connectivity index (χ2n) is 5.12. The largest absolute Gasteiger partial charge is 0.359 e. The van der Waals surface area contributed by atoms with E-state index < -0.39 is 0 Å². The van der Waals surface area contributed by atoms with Gasteiger partial charge < -0.3 is 5.32 Å². The highest BCUT2D eigenvalue weighted by molar-refractivity contribution is 6.30. The number of nitrogens with one attached hydrogen (secondary N) is 1. The third kappa shape index (κ3) is 3.81. The molecule has 0 spiro atoms. The highest BCUT2D eigenvalue weighted by Crippen LogP contribution is 2.17. The number of Topliss-reactive ketones (excluding diaryl/α,β-unsaturated/α-hetero) is 1. The van der Waals surface area contributed by atoms with E-state index in [0.717, 1.165) is 19.4 Å². The first kappa shape index (κ1) is 15.0. The van der Waals surface area contributed by atoms with E-state index in [9.17, 15) is 9.59 Å². The minimum absolute atomic E-state index is 0.00762. The molecule has 108 valence electrons. The Hall–Kier alpha value is -1.39. The van der Waals surface area contributed by atoms with Crippen molar-refractivity contribution >= 4 is 23.3 Å². The lowest BCUT2D eigenvalue weighted by Gasteiger charge is -2.31. The molecule has 2 rings (SSSR count). The Labute approximate surface area is 124 Å². The van der Waals surface area contributed by atoms with Gasteiger partial charge in [0.05, 0.1) is 12.5 Å². The second-order valence-corrected chi connectivity index (χ2v) is 5.56. The Bertz CT molecular complexity index is 487. The van der Waals surface area contributed by atoms with Crippen LogP contribution in [0.5, 0.6) is 0 Å². The number of carbonyl (C=O) groups excluding carboxylic acids is 2. The van der Waals surface area contributed by atoms with Gasteiger partial charge in [0.25, 0.3) is 0 Å². The molecule has 1 aliphatic rings. The Morgan fingerprint density at radius 1 is 1.35 bits per heavy atom. The zero-order valence-electron chi connectivity index (χ0n) is 11.6. The fraction of sp³-hybridized carbons (Fsp3) is 0.467. The van der Waals surface area contributed by atoms with Gasteiger partial charge in [0.2, 0.25) is 5.91 Å². The molecule has 0 radical (unpaired) electrons. The van der Waals surface area contributed by atoms with Crippen LogP contribution in [0.15, 0.2) is 24.3 Å². The van der Waals surface area contributed by atoms with Crippen molar-refractivity contribution in [3.63, 3.8) is 0 Å². The number of carbonyl (C=O) groups is 2. The average Bonchev–Trinajstić information content (AvgIpc) is 2.47. The summed E-state index contributed by atoms with van der Waals surface area (Å²) < 4.78 is 0. The minimum Gasteiger partial charge on any atom is -0.359 e. The summed E-state index contributed by atoms with van der Waals surface area (Å²) in [5, 5.41) is 3.31. The molecule has 1 atom stereocenters. The summed E-state index contributed by atoms with van der Waals surface area (Å²) in [5.74, 6) is 0.125. The van der Waals surface area contributed by atoms with E-state index in [0.29, 0.717) is 23.7 Å². The van der Waals surface area contributed by atoms with Crippen LogP contribution in [0.2, 0.25) is 5.02 Å². The van der Waals surface area contributed by atoms with Gasteiger partial charge in [-0.25, -0.2) is 0 Å². The Kier molecular flexibility index (Phi) is 5.15. The molecule has 0 bridgehead atoms. The molecule has 1 aliphatic heterocycles. The number of nitrogens with zero attached hydrogens (tertiary/aromatic N) is 1. The zero-order valence-corrected chi connectivity index (χ0v) is 12.3. The van der Waals surface area contributed by atoms with Crippen LogP contribution in [-0.4, -0.2) is 43.3 Å². The normalized spacial score (nSPS) is 19.6. The van der Waals surface area contributed by atoms with Crippen molar-refractivity contribution in [1.29, 1.82) is 0 Å². The van der Waals surface area contributed by atoms with Gasteiger partial charge in [-0.3, -0.25) is 14.5 Å². The monoisotopic (exact) mass is 294 g/mol. The Balaban J connectivity index is 1.94. The van der Waals surface area contributed by atoms with Gasteiger partial charge in [0.1, 0.15) is 0 Å². The molecule has 0 aliphatic carbocycles. The van der Waals surface area contributed by atoms with Crippen molar-refractivity contribution in [1.82, 2.24) is 10.2 Å². The number of piperidine rings is 1. The number of likely N-dealkylation sites (tertiary alicyclic amines) is 1. The third-order valence-electron chi connectivity index (χ3n) is 3.66. The molecule has 0 saturated carbocycles. The van der Waals surface area contributed by atoms with Gasteiger partial charge >= 0.3 is 0 Å². The number of ketones is 1. The lowest BCUT2D eigenvalue weighted by atomic mass is 9.96. The third-order valence-corrected chi connectivity index (χ3v) is 3.91. The molecule has 1 saturated heterocycles. The second kappa shape index (κ2) is 6.86. The van der Waals surface area contributed by atoms with Crippen LogP contribution in [-0.2, 0) is 4.79 Å². The number of hydrogen-bond donors (Lipinski definition) is 1. The summed E-state index contributed by atoms with van der Waals surface area (Å²) in [6.45, 7) is 1.88. The molecule has 1 unspecified atom stereocenters. The van der Waals surface area contributed by atoms with E-state index in [1.165, 1.54) is 0 Å². The van der Waals surface area contributed by atoms with Crippen LogP contribution < -0.4 is 5.32 Å². The molecule has 4 nitrogen and oxygen atoms in total. The van der Waals surface area contributed by atoms with Gasteiger partial charge in [-0.15, -0.1) is 0 Å². The van der Waals surface area contributed by atoms with E-state index >= 15 is 0 Å². The lowest BCUT2D eigenvalue weighted by molar-refractivity contribution is -0.126. The Morgan fingerprint density at radius 2 is 2.05 bits per heavy atom. The first-order valence-corrected chi connectivity index (χ1v) is 7.20. The van der Waals surface area contributed by atoms with Crippen molar-refractivity contribution in [3.05, 3.63) is 34.9 Å². The fourth-order valence-corrected chi connectivity index (χ4v) is 2.67. The quantitative estimate of drug-likeness (QED) is 0.864. The number of rotatable bonds is 4. The van der Waals surface area contributed by atoms with Crippen LogP contribution in [0.1, 0.15) is 23.2 Å². The van der Waals surface area contributed by atoms with Crippen LogP contribution in [0.3, 0.4) is 0 Å². The first-order valence-electron chi connectivity index (χ1n) is 6.83. The molecule has 1 aromatic carbocycles. The summed E-state index contributed by atoms with van der Waals surface area (Å²) in [6.07, 6.45) is 1.84. The van der Waals surface area contributed by atoms with E-state index in [4.69, 9.17) is 11.6 Å². The standard InChI is InChI=1S/C15H19ClN2O2/c1-17-15(20)12-3-2-8-18(9-12)10-14(19)11-4-6-13(16)7-5-11/h4-7,12H,2-3,8-10H2,1H3,(H,17,20). The smallest absolute Gasteiger partial charge is 0.224 e. The van der Waals surface area contributed by atoms with Crippen LogP contribution >= 0.6 is 11.6 Å². The summed E-state index contributed by atoms with van der Waals surface area (Å²) in [6, 6.07) is 6.92. The van der Waals surface area contributed by atoms with Crippen LogP contribution in [0.4, 0.5) is 0 Å². The molecule has 5 heteroatoms. The summed E-state index contributed by atoms with van der Waals surface area (Å²) in [7, 11) is 1.65. The highest BCUT2D eigenvalue weighted by Gasteiger charge is 2.26. The van der Waals surface area contributed by atoms with E-state index in [-0.39, 0.29) is 17.6 Å². The van der Waals surface area contributed by atoms with Gasteiger partial charge in [-0.05, 0) is 43.7 Å². The summed E-state index contributed by atoms with van der Waals surface area (Å²) in [4.78, 5) is 25.9. The number of halogens is 1. The van der Waals surface area contributed by atoms with Gasteiger partial charge in [-0.2, -0.15) is 0 Å². The van der Waals surface area contributed by atoms with Crippen molar-refractivity contribution < 1.29 is 9.59 Å². The predicted molar refractivity (Wildman–Crippen MR) is 79.0 cm³/mol. The highest BCUT2D eigenvalue weighted by atomic mass is 35.5. The molecular weight excluding hydrogens is 276 g/mol. The molecule has 1 amide bonds. The molecular formula is C15H19ClN2O2. The fourth-order valence-electron chi connectivity index (χ4n) is 2.55. The maximum atomic E-state index is 12.2. The minimum atomic E-state index is -0.00762. The van der Waals surface area contributed by atoms with E-state index in [1.54, 1.807) is 31.3 Å². The van der Waals surface area contributed by atoms with Gasteiger partial charge in [0, 0.05) is 24.2 Å². The van der Waals surface area contributed by atoms with E-state index in [2.05, 4.69) is 10.2 Å². The summed E-state index contributed by atoms with van der Waals surface area (Å²) in [5.41, 5.74) is 0.663. The first-order chi connectivity index (χ1) is 9.60. The Morgan fingerprint density at radius 3 is 2.70 bits per heavy atom. The number of amides is 1. The maximum Gasteiger partial charge on any atom is 0.224 e. The van der Waals surface area contributed by atoms with Crippen molar-refractivity contribution in [2.24, 2.45) is 5.92 Å². The number of benzene rings is 1. The molecule has 1 heterocycles. The molecule has 1 N–H and O–H groups in total. The summed E-state index contributed by atoms with van der Waals surface area (Å²) >= 11 is 5.81. The van der Waals surface area contributed by atoms with Crippen LogP contribution in [0, 0.1) is 5.92 Å². The zero-order chi connectivity index (χ0) is 14.5. The molecule has 1 aromatic rings. The molecule has 20 heavy (non-hydrogen) atoms.